The third-order valence-corrected chi connectivity index (χ3v) is 2.57. The summed E-state index contributed by atoms with van der Waals surface area (Å²) in [4.78, 5) is 0. The van der Waals surface area contributed by atoms with E-state index in [2.05, 4.69) is 0 Å². The van der Waals surface area contributed by atoms with Crippen molar-refractivity contribution in [2.45, 2.75) is 32.8 Å². The fourth-order valence-electron chi connectivity index (χ4n) is 1.44. The maximum Gasteiger partial charge on any atom is 0.122 e. The van der Waals surface area contributed by atoms with E-state index >= 15 is 0 Å². The lowest BCUT2D eigenvalue weighted by Gasteiger charge is -2.18. The molecule has 1 aromatic carbocycles. The molecule has 0 radical (unpaired) electrons. The van der Waals surface area contributed by atoms with Crippen molar-refractivity contribution in [1.29, 1.82) is 5.41 Å². The van der Waals surface area contributed by atoms with E-state index in [-0.39, 0.29) is 11.9 Å². The smallest absolute Gasteiger partial charge is 0.122 e. The number of halogens is 1. The van der Waals surface area contributed by atoms with Crippen LogP contribution in [0, 0.1) is 12.3 Å². The fraction of sp³-hybridized carbons (Fsp3) is 0.417. The molecule has 0 bridgehead atoms. The van der Waals surface area contributed by atoms with Gasteiger partial charge in [0.2, 0.25) is 0 Å². The van der Waals surface area contributed by atoms with Crippen LogP contribution in [-0.2, 0) is 0 Å². The molecule has 0 heterocycles. The van der Waals surface area contributed by atoms with Crippen molar-refractivity contribution in [2.24, 2.45) is 5.73 Å². The Bertz CT molecular complexity index is 379. The Morgan fingerprint density at radius 1 is 1.56 bits per heavy atom. The van der Waals surface area contributed by atoms with Crippen molar-refractivity contribution in [3.8, 4) is 5.75 Å². The maximum atomic E-state index is 7.26. The highest BCUT2D eigenvalue weighted by atomic mass is 35.5. The van der Waals surface area contributed by atoms with E-state index in [0.717, 1.165) is 17.7 Å². The van der Waals surface area contributed by atoms with Crippen LogP contribution in [0.1, 0.15) is 25.3 Å². The van der Waals surface area contributed by atoms with Gasteiger partial charge in [-0.3, -0.25) is 5.41 Å². The molecule has 4 heteroatoms. The molecule has 0 aliphatic carbocycles. The van der Waals surface area contributed by atoms with E-state index in [4.69, 9.17) is 27.5 Å². The summed E-state index contributed by atoms with van der Waals surface area (Å²) in [5.41, 5.74) is 6.36. The van der Waals surface area contributed by atoms with Crippen molar-refractivity contribution in [3.05, 3.63) is 28.8 Å². The van der Waals surface area contributed by atoms with Gasteiger partial charge in [0.05, 0.1) is 5.84 Å². The molecule has 0 saturated carbocycles. The maximum absolute atomic E-state index is 7.26. The molecule has 1 unspecified atom stereocenters. The summed E-state index contributed by atoms with van der Waals surface area (Å²) in [7, 11) is 0. The summed E-state index contributed by atoms with van der Waals surface area (Å²) in [5.74, 6) is 0.955. The lowest BCUT2D eigenvalue weighted by molar-refractivity contribution is 0.203. The Morgan fingerprint density at radius 3 is 2.75 bits per heavy atom. The van der Waals surface area contributed by atoms with Crippen LogP contribution in [0.2, 0.25) is 5.02 Å². The zero-order valence-corrected chi connectivity index (χ0v) is 10.3. The molecular weight excluding hydrogens is 224 g/mol. The van der Waals surface area contributed by atoms with Gasteiger partial charge in [-0.1, -0.05) is 18.5 Å². The van der Waals surface area contributed by atoms with E-state index in [1.54, 1.807) is 6.07 Å². The second kappa shape index (κ2) is 5.75. The SMILES string of the molecule is CCC(CC(=N)N)Oc1ccc(Cl)cc1C. The summed E-state index contributed by atoms with van der Waals surface area (Å²) in [6.07, 6.45) is 1.23. The topological polar surface area (TPSA) is 59.1 Å². The van der Waals surface area contributed by atoms with E-state index in [0.29, 0.717) is 11.4 Å². The lowest BCUT2D eigenvalue weighted by atomic mass is 10.1. The summed E-state index contributed by atoms with van der Waals surface area (Å²) >= 11 is 5.86. The van der Waals surface area contributed by atoms with Gasteiger partial charge in [-0.2, -0.15) is 0 Å². The Kier molecular flexibility index (Phi) is 4.62. The molecule has 0 aromatic heterocycles. The summed E-state index contributed by atoms with van der Waals surface area (Å²) < 4.78 is 5.78. The van der Waals surface area contributed by atoms with Gasteiger partial charge < -0.3 is 10.5 Å². The highest BCUT2D eigenvalue weighted by Crippen LogP contribution is 2.23. The Morgan fingerprint density at radius 2 is 2.25 bits per heavy atom. The second-order valence-electron chi connectivity index (χ2n) is 3.79. The fourth-order valence-corrected chi connectivity index (χ4v) is 1.67. The predicted octanol–water partition coefficient (Wildman–Crippen LogP) is 3.13. The van der Waals surface area contributed by atoms with Gasteiger partial charge in [0.25, 0.3) is 0 Å². The van der Waals surface area contributed by atoms with Crippen LogP contribution in [0.5, 0.6) is 5.75 Å². The second-order valence-corrected chi connectivity index (χ2v) is 4.22. The van der Waals surface area contributed by atoms with Crippen molar-refractivity contribution in [3.63, 3.8) is 0 Å². The number of rotatable bonds is 5. The first-order valence-corrected chi connectivity index (χ1v) is 5.66. The molecular formula is C12H17ClN2O. The van der Waals surface area contributed by atoms with Crippen molar-refractivity contribution in [2.75, 3.05) is 0 Å². The van der Waals surface area contributed by atoms with Crippen LogP contribution in [0.3, 0.4) is 0 Å². The number of hydrogen-bond donors (Lipinski definition) is 2. The molecule has 3 nitrogen and oxygen atoms in total. The highest BCUT2D eigenvalue weighted by Gasteiger charge is 2.11. The molecule has 0 saturated heterocycles. The van der Waals surface area contributed by atoms with Gasteiger partial charge >= 0.3 is 0 Å². The van der Waals surface area contributed by atoms with Crippen molar-refractivity contribution < 1.29 is 4.74 Å². The standard InChI is InChI=1S/C12H17ClN2O/c1-3-10(7-12(14)15)16-11-5-4-9(13)6-8(11)2/h4-6,10H,3,7H2,1-2H3,(H3,14,15). The minimum Gasteiger partial charge on any atom is -0.490 e. The number of nitrogens with one attached hydrogen (secondary N) is 1. The predicted molar refractivity (Wildman–Crippen MR) is 67.4 cm³/mol. The van der Waals surface area contributed by atoms with Crippen LogP contribution in [0.4, 0.5) is 0 Å². The van der Waals surface area contributed by atoms with Gasteiger partial charge in [0, 0.05) is 11.4 Å². The molecule has 0 aliphatic heterocycles. The molecule has 1 rings (SSSR count). The normalized spacial score (nSPS) is 12.2. The zero-order valence-electron chi connectivity index (χ0n) is 9.59. The quantitative estimate of drug-likeness (QED) is 0.614. The number of amidine groups is 1. The van der Waals surface area contributed by atoms with Crippen molar-refractivity contribution >= 4 is 17.4 Å². The van der Waals surface area contributed by atoms with Gasteiger partial charge in [-0.05, 0) is 37.1 Å². The van der Waals surface area contributed by atoms with Gasteiger partial charge in [0.15, 0.2) is 0 Å². The summed E-state index contributed by atoms with van der Waals surface area (Å²) in [6, 6.07) is 5.50. The summed E-state index contributed by atoms with van der Waals surface area (Å²) in [6.45, 7) is 3.96. The number of aryl methyl sites for hydroxylation is 1. The van der Waals surface area contributed by atoms with Gasteiger partial charge in [-0.25, -0.2) is 0 Å². The number of benzene rings is 1. The monoisotopic (exact) mass is 240 g/mol. The highest BCUT2D eigenvalue weighted by molar-refractivity contribution is 6.30. The molecule has 1 atom stereocenters. The first-order valence-electron chi connectivity index (χ1n) is 5.28. The van der Waals surface area contributed by atoms with E-state index < -0.39 is 0 Å². The largest absolute Gasteiger partial charge is 0.490 e. The first-order chi connectivity index (χ1) is 7.52. The van der Waals surface area contributed by atoms with Crippen LogP contribution in [-0.4, -0.2) is 11.9 Å². The molecule has 16 heavy (non-hydrogen) atoms. The van der Waals surface area contributed by atoms with E-state index in [9.17, 15) is 0 Å². The van der Waals surface area contributed by atoms with Crippen LogP contribution < -0.4 is 10.5 Å². The molecule has 0 fully saturated rings. The molecule has 0 amide bonds. The number of hydrogen-bond acceptors (Lipinski definition) is 2. The van der Waals surface area contributed by atoms with Crippen LogP contribution in [0.25, 0.3) is 0 Å². The first kappa shape index (κ1) is 12.8. The molecule has 1 aromatic rings. The Hall–Kier alpha value is -1.22. The average molecular weight is 241 g/mol. The van der Waals surface area contributed by atoms with E-state index in [1.807, 2.05) is 26.0 Å². The van der Waals surface area contributed by atoms with Crippen molar-refractivity contribution in [1.82, 2.24) is 0 Å². The minimum atomic E-state index is -0.0441. The molecule has 0 aliphatic rings. The minimum absolute atomic E-state index is 0.0441. The molecule has 88 valence electrons. The lowest BCUT2D eigenvalue weighted by Crippen LogP contribution is -2.24. The van der Waals surface area contributed by atoms with Gasteiger partial charge in [0.1, 0.15) is 11.9 Å². The third kappa shape index (κ3) is 3.74. The Labute approximate surface area is 101 Å². The van der Waals surface area contributed by atoms with Crippen LogP contribution >= 0.6 is 11.6 Å². The van der Waals surface area contributed by atoms with Crippen LogP contribution in [0.15, 0.2) is 18.2 Å². The number of ether oxygens (including phenoxy) is 1. The summed E-state index contributed by atoms with van der Waals surface area (Å²) in [5, 5.41) is 7.96. The molecule has 0 spiro atoms. The third-order valence-electron chi connectivity index (χ3n) is 2.33. The Balaban J connectivity index is 2.73. The zero-order chi connectivity index (χ0) is 12.1. The molecule has 3 N–H and O–H groups in total. The van der Waals surface area contributed by atoms with Gasteiger partial charge in [-0.15, -0.1) is 0 Å². The van der Waals surface area contributed by atoms with E-state index in [1.165, 1.54) is 0 Å². The number of nitrogens with two attached hydrogens (primary N) is 1. The average Bonchev–Trinajstić information content (AvgIpc) is 2.20.